The van der Waals surface area contributed by atoms with Crippen LogP contribution in [0.2, 0.25) is 0 Å². The van der Waals surface area contributed by atoms with Crippen LogP contribution >= 0.6 is 15.9 Å². The lowest BCUT2D eigenvalue weighted by Crippen LogP contribution is -2.30. The average molecular weight is 358 g/mol. The SMILES string of the molecule is CN(CCC(=O)O)S(=O)(=O)c1cc(F)c(Br)cc1F. The van der Waals surface area contributed by atoms with Crippen LogP contribution in [-0.4, -0.2) is 37.4 Å². The molecular formula is C10H10BrF2NO4S. The average Bonchev–Trinajstić information content (AvgIpc) is 2.30. The number of benzene rings is 1. The molecule has 0 aromatic heterocycles. The van der Waals surface area contributed by atoms with Crippen LogP contribution < -0.4 is 0 Å². The van der Waals surface area contributed by atoms with E-state index in [1.54, 1.807) is 0 Å². The maximum Gasteiger partial charge on any atom is 0.304 e. The van der Waals surface area contributed by atoms with Crippen molar-refractivity contribution >= 4 is 31.9 Å². The molecule has 5 nitrogen and oxygen atoms in total. The first-order chi connectivity index (χ1) is 8.66. The van der Waals surface area contributed by atoms with Gasteiger partial charge < -0.3 is 5.11 Å². The number of sulfonamides is 1. The summed E-state index contributed by atoms with van der Waals surface area (Å²) in [6, 6.07) is 1.25. The first kappa shape index (κ1) is 16.0. The Morgan fingerprint density at radius 3 is 2.47 bits per heavy atom. The predicted molar refractivity (Wildman–Crippen MR) is 66.1 cm³/mol. The molecule has 0 aliphatic carbocycles. The molecule has 19 heavy (non-hydrogen) atoms. The van der Waals surface area contributed by atoms with Gasteiger partial charge in [0.25, 0.3) is 0 Å². The molecule has 0 aliphatic rings. The van der Waals surface area contributed by atoms with Gasteiger partial charge in [-0.1, -0.05) is 0 Å². The van der Waals surface area contributed by atoms with Gasteiger partial charge >= 0.3 is 5.97 Å². The highest BCUT2D eigenvalue weighted by atomic mass is 79.9. The normalized spacial score (nSPS) is 11.8. The zero-order chi connectivity index (χ0) is 14.8. The highest BCUT2D eigenvalue weighted by Crippen LogP contribution is 2.25. The monoisotopic (exact) mass is 357 g/mol. The van der Waals surface area contributed by atoms with E-state index in [0.717, 1.165) is 7.05 Å². The lowest BCUT2D eigenvalue weighted by atomic mass is 10.3. The molecule has 0 atom stereocenters. The molecule has 1 aromatic carbocycles. The number of halogens is 3. The molecule has 0 fully saturated rings. The van der Waals surface area contributed by atoms with E-state index in [1.165, 1.54) is 0 Å². The molecule has 0 saturated heterocycles. The minimum absolute atomic E-state index is 0.197. The second-order valence-electron chi connectivity index (χ2n) is 3.67. The van der Waals surface area contributed by atoms with Gasteiger partial charge in [0.1, 0.15) is 16.5 Å². The van der Waals surface area contributed by atoms with Crippen LogP contribution in [0, 0.1) is 11.6 Å². The van der Waals surface area contributed by atoms with Gasteiger partial charge in [-0.15, -0.1) is 0 Å². The predicted octanol–water partition coefficient (Wildman–Crippen LogP) is 1.82. The van der Waals surface area contributed by atoms with Crippen LogP contribution in [0.3, 0.4) is 0 Å². The van der Waals surface area contributed by atoms with Crippen molar-refractivity contribution in [1.29, 1.82) is 0 Å². The molecule has 0 unspecified atom stereocenters. The number of hydrogen-bond donors (Lipinski definition) is 1. The first-order valence-electron chi connectivity index (χ1n) is 4.99. The number of rotatable bonds is 5. The quantitative estimate of drug-likeness (QED) is 0.815. The van der Waals surface area contributed by atoms with Crippen molar-refractivity contribution in [3.8, 4) is 0 Å². The van der Waals surface area contributed by atoms with Gasteiger partial charge in [-0.05, 0) is 28.1 Å². The fraction of sp³-hybridized carbons (Fsp3) is 0.300. The second kappa shape index (κ2) is 5.93. The van der Waals surface area contributed by atoms with Gasteiger partial charge in [0, 0.05) is 13.6 Å². The van der Waals surface area contributed by atoms with E-state index in [4.69, 9.17) is 5.11 Å². The molecular weight excluding hydrogens is 348 g/mol. The summed E-state index contributed by atoms with van der Waals surface area (Å²) < 4.78 is 51.2. The summed E-state index contributed by atoms with van der Waals surface area (Å²) in [6.07, 6.45) is -0.434. The van der Waals surface area contributed by atoms with E-state index in [1.807, 2.05) is 0 Å². The second-order valence-corrected chi connectivity index (χ2v) is 6.53. The van der Waals surface area contributed by atoms with Gasteiger partial charge in [-0.25, -0.2) is 21.5 Å². The first-order valence-corrected chi connectivity index (χ1v) is 7.22. The largest absolute Gasteiger partial charge is 0.481 e. The Bertz CT molecular complexity index is 606. The Hall–Kier alpha value is -1.06. The molecule has 0 saturated carbocycles. The molecule has 0 spiro atoms. The van der Waals surface area contributed by atoms with Crippen molar-refractivity contribution in [1.82, 2.24) is 4.31 Å². The molecule has 9 heteroatoms. The molecule has 1 N–H and O–H groups in total. The van der Waals surface area contributed by atoms with Gasteiger partial charge in [0.05, 0.1) is 10.9 Å². The molecule has 1 rings (SSSR count). The number of hydrogen-bond acceptors (Lipinski definition) is 3. The molecule has 0 amide bonds. The Labute approximate surface area is 117 Å². The Balaban J connectivity index is 3.13. The standard InChI is InChI=1S/C10H10BrF2NO4S/c1-14(3-2-10(15)16)19(17,18)9-5-7(12)6(11)4-8(9)13/h4-5H,2-3H2,1H3,(H,15,16). The van der Waals surface area contributed by atoms with E-state index in [2.05, 4.69) is 15.9 Å². The minimum Gasteiger partial charge on any atom is -0.481 e. The maximum absolute atomic E-state index is 13.6. The summed E-state index contributed by atoms with van der Waals surface area (Å²) in [6.45, 7) is -0.339. The number of aliphatic carboxylic acids is 1. The summed E-state index contributed by atoms with van der Waals surface area (Å²) in [5, 5.41) is 8.47. The van der Waals surface area contributed by atoms with Crippen molar-refractivity contribution in [2.45, 2.75) is 11.3 Å². The number of carbonyl (C=O) groups is 1. The summed E-state index contributed by atoms with van der Waals surface area (Å²) >= 11 is 2.73. The fourth-order valence-corrected chi connectivity index (χ4v) is 2.78. The van der Waals surface area contributed by atoms with E-state index in [-0.39, 0.29) is 11.0 Å². The highest BCUT2D eigenvalue weighted by molar-refractivity contribution is 9.10. The smallest absolute Gasteiger partial charge is 0.304 e. The van der Waals surface area contributed by atoms with Crippen LogP contribution in [0.4, 0.5) is 8.78 Å². The van der Waals surface area contributed by atoms with Crippen molar-refractivity contribution in [2.24, 2.45) is 0 Å². The highest BCUT2D eigenvalue weighted by Gasteiger charge is 2.26. The van der Waals surface area contributed by atoms with Crippen LogP contribution in [0.5, 0.6) is 0 Å². The minimum atomic E-state index is -4.27. The topological polar surface area (TPSA) is 74.7 Å². The van der Waals surface area contributed by atoms with E-state index >= 15 is 0 Å². The van der Waals surface area contributed by atoms with Crippen molar-refractivity contribution < 1.29 is 27.1 Å². The summed E-state index contributed by atoms with van der Waals surface area (Å²) in [5.41, 5.74) is 0. The third-order valence-corrected chi connectivity index (χ3v) is 4.78. The van der Waals surface area contributed by atoms with Gasteiger partial charge in [-0.2, -0.15) is 0 Å². The van der Waals surface area contributed by atoms with E-state index in [9.17, 15) is 22.0 Å². The van der Waals surface area contributed by atoms with E-state index < -0.39 is 38.9 Å². The fourth-order valence-electron chi connectivity index (χ4n) is 1.24. The third kappa shape index (κ3) is 3.71. The summed E-state index contributed by atoms with van der Waals surface area (Å²) in [4.78, 5) is 9.54. The van der Waals surface area contributed by atoms with Crippen LogP contribution in [0.15, 0.2) is 21.5 Å². The molecule has 106 valence electrons. The Morgan fingerprint density at radius 2 is 1.95 bits per heavy atom. The zero-order valence-electron chi connectivity index (χ0n) is 9.73. The van der Waals surface area contributed by atoms with Crippen molar-refractivity contribution in [3.05, 3.63) is 28.2 Å². The Kier molecular flexibility index (Phi) is 4.99. The molecule has 0 heterocycles. The van der Waals surface area contributed by atoms with Crippen molar-refractivity contribution in [2.75, 3.05) is 13.6 Å². The summed E-state index contributed by atoms with van der Waals surface area (Å²) in [7, 11) is -3.18. The van der Waals surface area contributed by atoms with Crippen LogP contribution in [-0.2, 0) is 14.8 Å². The van der Waals surface area contributed by atoms with E-state index in [0.29, 0.717) is 16.4 Å². The molecule has 0 bridgehead atoms. The molecule has 0 aliphatic heterocycles. The third-order valence-electron chi connectivity index (χ3n) is 2.30. The lowest BCUT2D eigenvalue weighted by molar-refractivity contribution is -0.137. The van der Waals surface area contributed by atoms with Crippen LogP contribution in [0.25, 0.3) is 0 Å². The number of nitrogens with zero attached hydrogens (tertiary/aromatic N) is 1. The van der Waals surface area contributed by atoms with Gasteiger partial charge in [-0.3, -0.25) is 4.79 Å². The number of carboxylic acid groups (broad SMARTS) is 1. The molecule has 0 radical (unpaired) electrons. The summed E-state index contributed by atoms with van der Waals surface area (Å²) in [5.74, 6) is -3.23. The van der Waals surface area contributed by atoms with Crippen molar-refractivity contribution in [3.63, 3.8) is 0 Å². The number of carboxylic acids is 1. The molecule has 1 aromatic rings. The lowest BCUT2D eigenvalue weighted by Gasteiger charge is -2.16. The maximum atomic E-state index is 13.6. The Morgan fingerprint density at radius 1 is 1.37 bits per heavy atom. The van der Waals surface area contributed by atoms with Crippen LogP contribution in [0.1, 0.15) is 6.42 Å². The van der Waals surface area contributed by atoms with Gasteiger partial charge in [0.15, 0.2) is 0 Å². The zero-order valence-corrected chi connectivity index (χ0v) is 12.1. The van der Waals surface area contributed by atoms with Gasteiger partial charge in [0.2, 0.25) is 10.0 Å².